The zero-order chi connectivity index (χ0) is 25.1. The minimum Gasteiger partial charge on any atom is -0.497 e. The van der Waals surface area contributed by atoms with E-state index >= 15 is 0 Å². The highest BCUT2D eigenvalue weighted by Gasteiger charge is 2.29. The fourth-order valence-electron chi connectivity index (χ4n) is 3.78. The lowest BCUT2D eigenvalue weighted by atomic mass is 10.1. The summed E-state index contributed by atoms with van der Waals surface area (Å²) in [7, 11) is 2.61. The van der Waals surface area contributed by atoms with Crippen molar-refractivity contribution in [1.29, 1.82) is 0 Å². The summed E-state index contributed by atoms with van der Waals surface area (Å²) in [4.78, 5) is 25.2. The van der Waals surface area contributed by atoms with Crippen LogP contribution in [0, 0.1) is 24.4 Å². The van der Waals surface area contributed by atoms with Crippen molar-refractivity contribution in [3.63, 3.8) is 0 Å². The van der Waals surface area contributed by atoms with E-state index in [1.807, 2.05) is 42.2 Å². The van der Waals surface area contributed by atoms with Crippen LogP contribution in [0.3, 0.4) is 0 Å². The molecule has 0 spiro atoms. The molecular weight excluding hydrogens is 463 g/mol. The van der Waals surface area contributed by atoms with Crippen LogP contribution in [0.4, 0.5) is 30.6 Å². The van der Waals surface area contributed by atoms with E-state index in [-0.39, 0.29) is 13.1 Å². The average Bonchev–Trinajstić information content (AvgIpc) is 2.86. The van der Waals surface area contributed by atoms with Gasteiger partial charge in [0.05, 0.1) is 19.8 Å². The minimum atomic E-state index is -1.47. The molecule has 8 nitrogen and oxygen atoms in total. The second-order valence-corrected chi connectivity index (χ2v) is 7.89. The molecule has 3 aromatic rings. The molecule has 2 heterocycles. The Morgan fingerprint density at radius 1 is 0.943 bits per heavy atom. The van der Waals surface area contributed by atoms with Crippen LogP contribution in [0.25, 0.3) is 0 Å². The van der Waals surface area contributed by atoms with Crippen molar-refractivity contribution in [3.8, 4) is 11.5 Å². The van der Waals surface area contributed by atoms with Crippen LogP contribution < -0.4 is 19.7 Å². The van der Waals surface area contributed by atoms with Crippen LogP contribution in [-0.2, 0) is 0 Å². The van der Waals surface area contributed by atoms with E-state index in [9.17, 15) is 18.0 Å². The van der Waals surface area contributed by atoms with Crippen LogP contribution >= 0.6 is 0 Å². The molecule has 1 fully saturated rings. The van der Waals surface area contributed by atoms with Gasteiger partial charge in [0.2, 0.25) is 11.8 Å². The summed E-state index contributed by atoms with van der Waals surface area (Å²) in [5.41, 5.74) is 1.00. The van der Waals surface area contributed by atoms with Crippen molar-refractivity contribution >= 4 is 23.4 Å². The van der Waals surface area contributed by atoms with Crippen molar-refractivity contribution in [2.75, 3.05) is 50.6 Å². The highest BCUT2D eigenvalue weighted by Crippen LogP contribution is 2.28. The summed E-state index contributed by atoms with van der Waals surface area (Å²) in [5.74, 6) is -3.89. The zero-order valence-electron chi connectivity index (χ0n) is 19.4. The van der Waals surface area contributed by atoms with E-state index in [1.54, 1.807) is 7.11 Å². The van der Waals surface area contributed by atoms with E-state index in [2.05, 4.69) is 20.0 Å². The summed E-state index contributed by atoms with van der Waals surface area (Å²) < 4.78 is 51.9. The molecule has 0 saturated carbocycles. The first-order valence-corrected chi connectivity index (χ1v) is 10.8. The second-order valence-electron chi connectivity index (χ2n) is 7.89. The van der Waals surface area contributed by atoms with Gasteiger partial charge in [0.1, 0.15) is 11.6 Å². The van der Waals surface area contributed by atoms with Crippen LogP contribution in [0.2, 0.25) is 0 Å². The first-order chi connectivity index (χ1) is 16.8. The number of piperazine rings is 1. The minimum absolute atomic E-state index is 0.220. The molecule has 1 aliphatic heterocycles. The van der Waals surface area contributed by atoms with Crippen molar-refractivity contribution in [2.45, 2.75) is 6.92 Å². The van der Waals surface area contributed by atoms with Gasteiger partial charge in [-0.2, -0.15) is 9.37 Å². The standard InChI is InChI=1S/C24H24F3N5O3/c1-14-12-19(29-15-4-6-16(34-2)7-5-15)30-24(28-14)32-10-8-31(9-11-32)23(33)17-13-18(25)21(27)22(35-3)20(17)26/h4-7,12-13H,8-11H2,1-3H3,(H,28,29,30). The third-order valence-electron chi connectivity index (χ3n) is 5.61. The maximum absolute atomic E-state index is 14.5. The number of anilines is 3. The van der Waals surface area contributed by atoms with Crippen molar-refractivity contribution < 1.29 is 27.4 Å². The quantitative estimate of drug-likeness (QED) is 0.528. The fourth-order valence-corrected chi connectivity index (χ4v) is 3.78. The number of benzene rings is 2. The van der Waals surface area contributed by atoms with Crippen molar-refractivity contribution in [3.05, 3.63) is 65.1 Å². The molecule has 11 heteroatoms. The second kappa shape index (κ2) is 10.1. The number of carbonyl (C=O) groups excluding carboxylic acids is 1. The number of rotatable bonds is 6. The Morgan fingerprint density at radius 2 is 1.63 bits per heavy atom. The van der Waals surface area contributed by atoms with Gasteiger partial charge in [-0.15, -0.1) is 0 Å². The maximum atomic E-state index is 14.5. The fraction of sp³-hybridized carbons (Fsp3) is 0.292. The summed E-state index contributed by atoms with van der Waals surface area (Å²) >= 11 is 0. The van der Waals surface area contributed by atoms with E-state index in [1.165, 1.54) is 4.90 Å². The number of hydrogen-bond acceptors (Lipinski definition) is 7. The highest BCUT2D eigenvalue weighted by molar-refractivity contribution is 5.95. The lowest BCUT2D eigenvalue weighted by molar-refractivity contribution is 0.0739. The molecule has 184 valence electrons. The van der Waals surface area contributed by atoms with Crippen molar-refractivity contribution in [1.82, 2.24) is 14.9 Å². The van der Waals surface area contributed by atoms with Crippen LogP contribution in [0.1, 0.15) is 16.1 Å². The number of methoxy groups -OCH3 is 2. The first kappa shape index (κ1) is 24.1. The van der Waals surface area contributed by atoms with E-state index in [0.29, 0.717) is 30.9 Å². The molecule has 4 rings (SSSR count). The molecule has 0 bridgehead atoms. The number of aromatic nitrogens is 2. The third kappa shape index (κ3) is 5.08. The Labute approximate surface area is 200 Å². The van der Waals surface area contributed by atoms with Crippen molar-refractivity contribution in [2.24, 2.45) is 0 Å². The smallest absolute Gasteiger partial charge is 0.257 e. The summed E-state index contributed by atoms with van der Waals surface area (Å²) in [6.07, 6.45) is 0. The maximum Gasteiger partial charge on any atom is 0.257 e. The molecule has 1 amide bonds. The number of amides is 1. The highest BCUT2D eigenvalue weighted by atomic mass is 19.2. The Bertz CT molecular complexity index is 1230. The predicted molar refractivity (Wildman–Crippen MR) is 124 cm³/mol. The SMILES string of the molecule is COc1ccc(Nc2cc(C)nc(N3CCN(C(=O)c4cc(F)c(F)c(OC)c4F)CC3)n2)cc1. The molecular formula is C24H24F3N5O3. The van der Waals surface area contributed by atoms with Crippen LogP contribution in [0.15, 0.2) is 36.4 Å². The van der Waals surface area contributed by atoms with Gasteiger partial charge in [0, 0.05) is 43.6 Å². The molecule has 0 unspecified atom stereocenters. The number of carbonyl (C=O) groups is 1. The van der Waals surface area contributed by atoms with Crippen LogP contribution in [-0.4, -0.2) is 61.2 Å². The summed E-state index contributed by atoms with van der Waals surface area (Å²) in [5, 5.41) is 3.23. The monoisotopic (exact) mass is 487 g/mol. The van der Waals surface area contributed by atoms with Gasteiger partial charge in [-0.1, -0.05) is 0 Å². The van der Waals surface area contributed by atoms with Gasteiger partial charge in [-0.25, -0.2) is 13.8 Å². The molecule has 0 atom stereocenters. The van der Waals surface area contributed by atoms with E-state index < -0.39 is 34.7 Å². The Balaban J connectivity index is 1.46. The predicted octanol–water partition coefficient (Wildman–Crippen LogP) is 3.93. The lowest BCUT2D eigenvalue weighted by Crippen LogP contribution is -2.49. The molecule has 1 N–H and O–H groups in total. The van der Waals surface area contributed by atoms with E-state index in [4.69, 9.17) is 4.74 Å². The van der Waals surface area contributed by atoms with Gasteiger partial charge in [0.25, 0.3) is 5.91 Å². The van der Waals surface area contributed by atoms with Crippen LogP contribution in [0.5, 0.6) is 11.5 Å². The van der Waals surface area contributed by atoms with Gasteiger partial charge in [0.15, 0.2) is 17.4 Å². The summed E-state index contributed by atoms with van der Waals surface area (Å²) in [6, 6.07) is 9.77. The number of nitrogens with one attached hydrogen (secondary N) is 1. The molecule has 1 saturated heterocycles. The van der Waals surface area contributed by atoms with Gasteiger partial charge in [-0.3, -0.25) is 4.79 Å². The Morgan fingerprint density at radius 3 is 2.26 bits per heavy atom. The number of ether oxygens (including phenoxy) is 2. The largest absolute Gasteiger partial charge is 0.497 e. The normalized spacial score (nSPS) is 13.5. The average molecular weight is 487 g/mol. The van der Waals surface area contributed by atoms with E-state index in [0.717, 1.165) is 24.2 Å². The molecule has 35 heavy (non-hydrogen) atoms. The molecule has 0 aliphatic carbocycles. The molecule has 1 aliphatic rings. The Kier molecular flexibility index (Phi) is 6.94. The number of halogens is 3. The first-order valence-electron chi connectivity index (χ1n) is 10.8. The van der Waals surface area contributed by atoms with Gasteiger partial charge >= 0.3 is 0 Å². The number of aryl methyl sites for hydroxylation is 1. The molecule has 0 radical (unpaired) electrons. The Hall–Kier alpha value is -4.02. The third-order valence-corrected chi connectivity index (χ3v) is 5.61. The zero-order valence-corrected chi connectivity index (χ0v) is 19.4. The summed E-state index contributed by atoms with van der Waals surface area (Å²) in [6.45, 7) is 3.04. The topological polar surface area (TPSA) is 79.8 Å². The lowest BCUT2D eigenvalue weighted by Gasteiger charge is -2.35. The van der Waals surface area contributed by atoms with Gasteiger partial charge in [-0.05, 0) is 37.3 Å². The molecule has 2 aromatic carbocycles. The van der Waals surface area contributed by atoms with Gasteiger partial charge < -0.3 is 24.6 Å². The molecule has 1 aromatic heterocycles. The number of hydrogen-bond donors (Lipinski definition) is 1. The number of nitrogens with zero attached hydrogens (tertiary/aromatic N) is 4.